The predicted molar refractivity (Wildman–Crippen MR) is 231 cm³/mol. The molecule has 254 valence electrons. The molecule has 55 heavy (non-hydrogen) atoms. The zero-order valence-electron chi connectivity index (χ0n) is 29.7. The van der Waals surface area contributed by atoms with Crippen LogP contribution in [0.4, 0.5) is 0 Å². The third-order valence-electron chi connectivity index (χ3n) is 12.1. The van der Waals surface area contributed by atoms with Crippen molar-refractivity contribution in [2.75, 3.05) is 0 Å². The van der Waals surface area contributed by atoms with Crippen LogP contribution in [0.15, 0.2) is 188 Å². The number of rotatable bonds is 3. The van der Waals surface area contributed by atoms with Gasteiger partial charge in [-0.3, -0.25) is 0 Å². The lowest BCUT2D eigenvalue weighted by atomic mass is 9.98. The Morgan fingerprint density at radius 1 is 0.255 bits per heavy atom. The third-order valence-corrected chi connectivity index (χ3v) is 12.1. The molecule has 3 nitrogen and oxygen atoms in total. The number of aromatic nitrogens is 3. The molecule has 3 heteroatoms. The van der Waals surface area contributed by atoms with E-state index >= 15 is 0 Å². The largest absolute Gasteiger partial charge is 0.309 e. The lowest BCUT2D eigenvalue weighted by Gasteiger charge is -2.12. The highest BCUT2D eigenvalue weighted by Crippen LogP contribution is 2.52. The van der Waals surface area contributed by atoms with Gasteiger partial charge in [0.15, 0.2) is 0 Å². The number of nitrogens with zero attached hydrogens (tertiary/aromatic N) is 3. The quantitative estimate of drug-likeness (QED) is 0.175. The van der Waals surface area contributed by atoms with Crippen LogP contribution in [0.1, 0.15) is 0 Å². The summed E-state index contributed by atoms with van der Waals surface area (Å²) < 4.78 is 7.30. The number of hydrogen-bond donors (Lipinski definition) is 0. The fourth-order valence-corrected chi connectivity index (χ4v) is 9.93. The van der Waals surface area contributed by atoms with Crippen molar-refractivity contribution in [1.82, 2.24) is 13.7 Å². The summed E-state index contributed by atoms with van der Waals surface area (Å²) in [4.78, 5) is 0. The Labute approximate surface area is 316 Å². The maximum absolute atomic E-state index is 2.45. The SMILES string of the molecule is c1ccc(-n2c3ccccc3c3cc4c(cc32)c2ccccc2n4-c2ccc(-n3c4ccccc4c4c5c(ccc43)-c3cccc4cccc-5c34)cc2)cc1. The second kappa shape index (κ2) is 10.6. The summed E-state index contributed by atoms with van der Waals surface area (Å²) in [7, 11) is 0. The smallest absolute Gasteiger partial charge is 0.0548 e. The Balaban J connectivity index is 1.03. The zero-order chi connectivity index (χ0) is 35.8. The van der Waals surface area contributed by atoms with Crippen molar-refractivity contribution in [3.05, 3.63) is 188 Å². The Morgan fingerprint density at radius 3 is 1.36 bits per heavy atom. The first-order valence-electron chi connectivity index (χ1n) is 19.0. The van der Waals surface area contributed by atoms with E-state index in [1.54, 1.807) is 0 Å². The van der Waals surface area contributed by atoms with Crippen LogP contribution in [-0.4, -0.2) is 13.7 Å². The molecule has 0 N–H and O–H groups in total. The number of hydrogen-bond acceptors (Lipinski definition) is 0. The van der Waals surface area contributed by atoms with E-state index < -0.39 is 0 Å². The van der Waals surface area contributed by atoms with Gasteiger partial charge in [0.25, 0.3) is 0 Å². The van der Waals surface area contributed by atoms with Crippen LogP contribution in [-0.2, 0) is 0 Å². The van der Waals surface area contributed by atoms with Crippen LogP contribution < -0.4 is 0 Å². The summed E-state index contributed by atoms with van der Waals surface area (Å²) in [6, 6.07) is 69.3. The van der Waals surface area contributed by atoms with Crippen molar-refractivity contribution < 1.29 is 0 Å². The van der Waals surface area contributed by atoms with E-state index in [2.05, 4.69) is 202 Å². The molecule has 0 fully saturated rings. The maximum atomic E-state index is 2.45. The monoisotopic (exact) mass is 697 g/mol. The van der Waals surface area contributed by atoms with Gasteiger partial charge in [-0.05, 0) is 100 Å². The molecule has 3 heterocycles. The summed E-state index contributed by atoms with van der Waals surface area (Å²) in [6.07, 6.45) is 0. The Bertz CT molecular complexity index is 3570. The summed E-state index contributed by atoms with van der Waals surface area (Å²) in [5.41, 5.74) is 16.1. The molecule has 12 aromatic rings. The van der Waals surface area contributed by atoms with Gasteiger partial charge < -0.3 is 13.7 Å². The molecule has 3 aromatic heterocycles. The molecular formula is C52H31N3. The van der Waals surface area contributed by atoms with Crippen LogP contribution in [0.2, 0.25) is 0 Å². The highest BCUT2D eigenvalue weighted by Gasteiger charge is 2.26. The molecule has 0 unspecified atom stereocenters. The fourth-order valence-electron chi connectivity index (χ4n) is 9.93. The summed E-state index contributed by atoms with van der Waals surface area (Å²) in [5, 5.41) is 10.3. The van der Waals surface area contributed by atoms with Gasteiger partial charge in [-0.2, -0.15) is 0 Å². The summed E-state index contributed by atoms with van der Waals surface area (Å²) >= 11 is 0. The molecule has 9 aromatic carbocycles. The first kappa shape index (κ1) is 29.1. The van der Waals surface area contributed by atoms with E-state index in [0.717, 1.165) is 11.4 Å². The van der Waals surface area contributed by atoms with Gasteiger partial charge in [-0.1, -0.05) is 115 Å². The minimum absolute atomic E-state index is 1.14. The van der Waals surface area contributed by atoms with Crippen LogP contribution in [0.25, 0.3) is 116 Å². The molecule has 0 amide bonds. The Kier molecular flexibility index (Phi) is 5.63. The van der Waals surface area contributed by atoms with Crippen molar-refractivity contribution >= 4 is 76.2 Å². The molecular weight excluding hydrogens is 667 g/mol. The van der Waals surface area contributed by atoms with E-state index in [1.807, 2.05) is 0 Å². The molecule has 1 aliphatic rings. The third kappa shape index (κ3) is 3.79. The molecule has 0 aliphatic heterocycles. The van der Waals surface area contributed by atoms with Gasteiger partial charge >= 0.3 is 0 Å². The van der Waals surface area contributed by atoms with Gasteiger partial charge in [0.2, 0.25) is 0 Å². The van der Waals surface area contributed by atoms with E-state index in [0.29, 0.717) is 0 Å². The van der Waals surface area contributed by atoms with Gasteiger partial charge in [-0.25, -0.2) is 0 Å². The molecule has 0 saturated heterocycles. The van der Waals surface area contributed by atoms with E-state index in [-0.39, 0.29) is 0 Å². The maximum Gasteiger partial charge on any atom is 0.0548 e. The number of para-hydroxylation sites is 4. The first-order valence-corrected chi connectivity index (χ1v) is 19.0. The van der Waals surface area contributed by atoms with Gasteiger partial charge in [0, 0.05) is 54.9 Å². The predicted octanol–water partition coefficient (Wildman–Crippen LogP) is 13.8. The molecule has 0 spiro atoms. The van der Waals surface area contributed by atoms with E-state index in [9.17, 15) is 0 Å². The normalized spacial score (nSPS) is 12.4. The molecule has 13 rings (SSSR count). The average Bonchev–Trinajstić information content (AvgIpc) is 3.96. The van der Waals surface area contributed by atoms with Crippen molar-refractivity contribution in [3.63, 3.8) is 0 Å². The lowest BCUT2D eigenvalue weighted by molar-refractivity contribution is 1.14. The highest BCUT2D eigenvalue weighted by atomic mass is 15.0. The summed E-state index contributed by atoms with van der Waals surface area (Å²) in [5.74, 6) is 0. The highest BCUT2D eigenvalue weighted by molar-refractivity contribution is 6.26. The number of benzene rings is 9. The van der Waals surface area contributed by atoms with Crippen molar-refractivity contribution in [2.24, 2.45) is 0 Å². The fraction of sp³-hybridized carbons (Fsp3) is 0. The summed E-state index contributed by atoms with van der Waals surface area (Å²) in [6.45, 7) is 0. The van der Waals surface area contributed by atoms with Crippen molar-refractivity contribution in [2.45, 2.75) is 0 Å². The molecule has 0 radical (unpaired) electrons. The molecule has 0 atom stereocenters. The van der Waals surface area contributed by atoms with Crippen LogP contribution >= 0.6 is 0 Å². The molecule has 1 aliphatic carbocycles. The average molecular weight is 698 g/mol. The Morgan fingerprint density at radius 2 is 0.745 bits per heavy atom. The van der Waals surface area contributed by atoms with E-state index in [4.69, 9.17) is 0 Å². The van der Waals surface area contributed by atoms with Gasteiger partial charge in [-0.15, -0.1) is 0 Å². The minimum atomic E-state index is 1.14. The van der Waals surface area contributed by atoms with Crippen LogP contribution in [0.5, 0.6) is 0 Å². The lowest BCUT2D eigenvalue weighted by Crippen LogP contribution is -1.97. The topological polar surface area (TPSA) is 14.8 Å². The first-order chi connectivity index (χ1) is 27.3. The van der Waals surface area contributed by atoms with Crippen molar-refractivity contribution in [3.8, 4) is 39.3 Å². The molecule has 0 saturated carbocycles. The minimum Gasteiger partial charge on any atom is -0.309 e. The number of fused-ring (bicyclic) bond motifs is 13. The van der Waals surface area contributed by atoms with Crippen LogP contribution in [0.3, 0.4) is 0 Å². The van der Waals surface area contributed by atoms with Crippen LogP contribution in [0, 0.1) is 0 Å². The molecule has 0 bridgehead atoms. The van der Waals surface area contributed by atoms with Gasteiger partial charge in [0.05, 0.1) is 33.1 Å². The van der Waals surface area contributed by atoms with Crippen molar-refractivity contribution in [1.29, 1.82) is 0 Å². The Hall–Kier alpha value is -7.36. The van der Waals surface area contributed by atoms with Gasteiger partial charge in [0.1, 0.15) is 0 Å². The standard InChI is InChI=1S/C52H31N3/c1-2-14-33(15-3-1)54-44-21-7-4-16-36(44)42-31-49-43(30-48(42)54)37-17-5-8-22-45(37)55(49)35-26-24-34(25-27-35)53-46-23-9-6-18-40(46)52-47(53)29-28-39-38-19-10-12-32-13-11-20-41(50(32)38)51(39)52/h1-31H. The van der Waals surface area contributed by atoms with E-state index in [1.165, 1.54) is 104 Å². The second-order valence-electron chi connectivity index (χ2n) is 14.9. The zero-order valence-corrected chi connectivity index (χ0v) is 29.7. The second-order valence-corrected chi connectivity index (χ2v) is 14.9.